The standard InChI is InChI=1S/C7H12IN.W/c8-4-7-9-5-2-1-3-6-9;/h1-6H2;. The van der Waals surface area contributed by atoms with Crippen LogP contribution >= 0.6 is 22.6 Å². The van der Waals surface area contributed by atoms with Gasteiger partial charge >= 0.3 is 87.6 Å². The fraction of sp³-hybridized carbons (Fsp3) is 0.857. The van der Waals surface area contributed by atoms with Crippen LogP contribution in [-0.2, 0) is 19.4 Å². The second-order valence-electron chi connectivity index (χ2n) is 2.58. The Balaban J connectivity index is 2.31. The van der Waals surface area contributed by atoms with E-state index in [4.69, 9.17) is 0 Å². The van der Waals surface area contributed by atoms with Gasteiger partial charge in [0.25, 0.3) is 0 Å². The van der Waals surface area contributed by atoms with Crippen LogP contribution in [0.15, 0.2) is 0 Å². The number of piperidine rings is 1. The van der Waals surface area contributed by atoms with E-state index in [9.17, 15) is 0 Å². The normalized spacial score (nSPS) is 20.9. The monoisotopic (exact) mass is 421 g/mol. The summed E-state index contributed by atoms with van der Waals surface area (Å²) in [5.41, 5.74) is 0. The Morgan fingerprint density at radius 3 is 2.40 bits per heavy atom. The molecule has 1 rings (SSSR count). The van der Waals surface area contributed by atoms with E-state index in [1.54, 1.807) is 23.4 Å². The molecule has 0 aliphatic carbocycles. The van der Waals surface area contributed by atoms with E-state index in [1.165, 1.54) is 36.8 Å². The number of alkyl halides is 1. The molecule has 0 N–H and O–H groups in total. The third kappa shape index (κ3) is 2.71. The summed E-state index contributed by atoms with van der Waals surface area (Å²) in [6, 6.07) is 0. The number of likely N-dealkylation sites (tertiary alicyclic amines) is 1. The molecule has 0 bridgehead atoms. The third-order valence-electron chi connectivity index (χ3n) is 1.82. The van der Waals surface area contributed by atoms with Gasteiger partial charge in [-0.05, 0) is 0 Å². The molecule has 0 saturated carbocycles. The Morgan fingerprint density at radius 2 is 1.90 bits per heavy atom. The van der Waals surface area contributed by atoms with Crippen LogP contribution in [0.2, 0.25) is 0 Å². The summed E-state index contributed by atoms with van der Waals surface area (Å²) in [7, 11) is 0. The van der Waals surface area contributed by atoms with E-state index in [-0.39, 0.29) is 0 Å². The maximum atomic E-state index is 2.56. The quantitative estimate of drug-likeness (QED) is 0.484. The summed E-state index contributed by atoms with van der Waals surface area (Å²) >= 11 is 4.12. The summed E-state index contributed by atoms with van der Waals surface area (Å²) < 4.78 is 2.87. The minimum absolute atomic E-state index is 1.23. The predicted octanol–water partition coefficient (Wildman–Crippen LogP) is 1.58. The van der Waals surface area contributed by atoms with Gasteiger partial charge in [-0.1, -0.05) is 0 Å². The zero-order chi connectivity index (χ0) is 7.40. The third-order valence-corrected chi connectivity index (χ3v) is 6.03. The molecule has 3 heteroatoms. The van der Waals surface area contributed by atoms with Gasteiger partial charge in [0.15, 0.2) is 0 Å². The van der Waals surface area contributed by atoms with Gasteiger partial charge in [0.2, 0.25) is 0 Å². The van der Waals surface area contributed by atoms with Gasteiger partial charge in [0.05, 0.1) is 0 Å². The van der Waals surface area contributed by atoms with Crippen molar-refractivity contribution in [3.05, 3.63) is 0 Å². The van der Waals surface area contributed by atoms with Crippen molar-refractivity contribution in [2.24, 2.45) is 0 Å². The van der Waals surface area contributed by atoms with Crippen molar-refractivity contribution in [3.8, 4) is 0 Å². The van der Waals surface area contributed by atoms with Gasteiger partial charge in [0.1, 0.15) is 0 Å². The molecule has 1 aliphatic heterocycles. The molecule has 58 valence electrons. The SMILES string of the molecule is IC[C](=[W])N1CCCCC1. The molecule has 0 unspecified atom stereocenters. The molecule has 0 atom stereocenters. The average molecular weight is 421 g/mol. The maximum absolute atomic E-state index is 2.56. The molecule has 1 aliphatic rings. The molecule has 1 fully saturated rings. The Kier molecular flexibility index (Phi) is 4.66. The van der Waals surface area contributed by atoms with Crippen LogP contribution in [0.5, 0.6) is 0 Å². The Hall–Kier alpha value is 1.25. The van der Waals surface area contributed by atoms with Gasteiger partial charge in [0, 0.05) is 0 Å². The number of hydrogen-bond donors (Lipinski definition) is 0. The Bertz CT molecular complexity index is 121. The van der Waals surface area contributed by atoms with E-state index in [1.807, 2.05) is 0 Å². The first-order valence-corrected chi connectivity index (χ1v) is 6.67. The van der Waals surface area contributed by atoms with Crippen molar-refractivity contribution < 1.29 is 19.4 Å². The van der Waals surface area contributed by atoms with Crippen molar-refractivity contribution >= 4 is 26.6 Å². The molecular formula is C7H12INW. The number of rotatable bonds is 2. The summed E-state index contributed by atoms with van der Waals surface area (Å²) in [5, 5.41) is 0. The first kappa shape index (κ1) is 9.34. The first-order chi connectivity index (χ1) is 4.84. The van der Waals surface area contributed by atoms with Crippen LogP contribution in [-0.4, -0.2) is 26.4 Å². The molecule has 0 amide bonds. The van der Waals surface area contributed by atoms with Gasteiger partial charge in [-0.2, -0.15) is 0 Å². The van der Waals surface area contributed by atoms with Crippen LogP contribution < -0.4 is 0 Å². The Labute approximate surface area is 87.1 Å². The summed E-state index contributed by atoms with van der Waals surface area (Å²) in [5.74, 6) is 0. The second-order valence-corrected chi connectivity index (χ2v) is 5.03. The molecule has 10 heavy (non-hydrogen) atoms. The van der Waals surface area contributed by atoms with Crippen molar-refractivity contribution in [2.75, 3.05) is 17.5 Å². The minimum atomic E-state index is 1.23. The van der Waals surface area contributed by atoms with Gasteiger partial charge < -0.3 is 0 Å². The van der Waals surface area contributed by atoms with Crippen LogP contribution in [0.4, 0.5) is 0 Å². The summed E-state index contributed by atoms with van der Waals surface area (Å²) in [4.78, 5) is 2.56. The molecule has 0 spiro atoms. The van der Waals surface area contributed by atoms with Crippen molar-refractivity contribution in [1.82, 2.24) is 4.90 Å². The van der Waals surface area contributed by atoms with Crippen LogP contribution in [0.1, 0.15) is 19.3 Å². The molecular weight excluding hydrogens is 409 g/mol. The van der Waals surface area contributed by atoms with E-state index in [0.29, 0.717) is 0 Å². The zero-order valence-corrected chi connectivity index (χ0v) is 11.1. The van der Waals surface area contributed by atoms with E-state index in [2.05, 4.69) is 27.5 Å². The van der Waals surface area contributed by atoms with Gasteiger partial charge in [-0.3, -0.25) is 0 Å². The predicted molar refractivity (Wildman–Crippen MR) is 49.3 cm³/mol. The van der Waals surface area contributed by atoms with Crippen LogP contribution in [0, 0.1) is 0 Å². The molecule has 1 nitrogen and oxygen atoms in total. The van der Waals surface area contributed by atoms with E-state index in [0.717, 1.165) is 0 Å². The topological polar surface area (TPSA) is 3.24 Å². The van der Waals surface area contributed by atoms with Gasteiger partial charge in [-0.25, -0.2) is 0 Å². The first-order valence-electron chi connectivity index (χ1n) is 3.68. The Morgan fingerprint density at radius 1 is 1.30 bits per heavy atom. The van der Waals surface area contributed by atoms with Crippen LogP contribution in [0.25, 0.3) is 0 Å². The van der Waals surface area contributed by atoms with Crippen LogP contribution in [0.3, 0.4) is 0 Å². The second kappa shape index (κ2) is 4.99. The van der Waals surface area contributed by atoms with Crippen molar-refractivity contribution in [3.63, 3.8) is 0 Å². The fourth-order valence-corrected chi connectivity index (χ4v) is 2.37. The summed E-state index contributed by atoms with van der Waals surface area (Å²) in [6.07, 6.45) is 4.27. The zero-order valence-electron chi connectivity index (χ0n) is 5.98. The average Bonchev–Trinajstić information content (AvgIpc) is 2.05. The van der Waals surface area contributed by atoms with E-state index >= 15 is 0 Å². The van der Waals surface area contributed by atoms with Gasteiger partial charge in [-0.15, -0.1) is 0 Å². The molecule has 0 radical (unpaired) electrons. The number of nitrogens with zero attached hydrogens (tertiary/aromatic N) is 1. The van der Waals surface area contributed by atoms with E-state index < -0.39 is 0 Å². The molecule has 1 saturated heterocycles. The molecule has 1 heterocycles. The molecule has 0 aromatic carbocycles. The van der Waals surface area contributed by atoms with Crippen molar-refractivity contribution in [1.29, 1.82) is 0 Å². The van der Waals surface area contributed by atoms with Crippen molar-refractivity contribution in [2.45, 2.75) is 19.3 Å². The molecule has 0 aromatic rings. The number of halogens is 1. The molecule has 0 aromatic heterocycles. The summed E-state index contributed by atoms with van der Waals surface area (Å²) in [6.45, 7) is 2.64. The number of hydrogen-bond acceptors (Lipinski definition) is 1. The fourth-order valence-electron chi connectivity index (χ4n) is 1.23.